The number of nitrogens with zero attached hydrogens (tertiary/aromatic N) is 4. The molecule has 9 nitrogen and oxygen atoms in total. The number of amides is 4. The number of aryl methyl sites for hydroxylation is 1. The second-order valence-corrected chi connectivity index (χ2v) is 5.52. The zero-order chi connectivity index (χ0) is 15.7. The van der Waals surface area contributed by atoms with Crippen molar-refractivity contribution in [2.75, 3.05) is 26.2 Å². The van der Waals surface area contributed by atoms with Crippen molar-refractivity contribution in [2.45, 2.75) is 25.7 Å². The van der Waals surface area contributed by atoms with E-state index in [2.05, 4.69) is 15.5 Å². The number of carbonyl (C=O) groups is 3. The van der Waals surface area contributed by atoms with E-state index >= 15 is 0 Å². The molecular formula is C13H17N5O4. The standard InChI is InChI=1S/C13H17N5O4/c1-8-14-12(22-16-8)9-6-18(7-9)11(20)3-5-17-4-2-10(19)15-13(17)21/h9H,2-7H2,1H3,(H,15,19,21). The zero-order valence-electron chi connectivity index (χ0n) is 12.2. The van der Waals surface area contributed by atoms with Crippen molar-refractivity contribution in [2.24, 2.45) is 0 Å². The fraction of sp³-hybridized carbons (Fsp3) is 0.615. The van der Waals surface area contributed by atoms with Gasteiger partial charge in [0.15, 0.2) is 5.82 Å². The maximum Gasteiger partial charge on any atom is 0.324 e. The van der Waals surface area contributed by atoms with Gasteiger partial charge in [-0.1, -0.05) is 5.16 Å². The Balaban J connectivity index is 1.42. The summed E-state index contributed by atoms with van der Waals surface area (Å²) in [5.74, 6) is 0.965. The molecule has 3 heterocycles. The summed E-state index contributed by atoms with van der Waals surface area (Å²) in [6.45, 7) is 3.56. The van der Waals surface area contributed by atoms with Gasteiger partial charge in [-0.15, -0.1) is 0 Å². The minimum Gasteiger partial charge on any atom is -0.341 e. The Morgan fingerprint density at radius 2 is 2.18 bits per heavy atom. The van der Waals surface area contributed by atoms with Crippen LogP contribution in [0.3, 0.4) is 0 Å². The van der Waals surface area contributed by atoms with E-state index < -0.39 is 6.03 Å². The van der Waals surface area contributed by atoms with Crippen molar-refractivity contribution in [3.05, 3.63) is 11.7 Å². The molecule has 0 saturated carbocycles. The van der Waals surface area contributed by atoms with Crippen molar-refractivity contribution in [1.82, 2.24) is 25.3 Å². The predicted octanol–water partition coefficient (Wildman–Crippen LogP) is -0.364. The van der Waals surface area contributed by atoms with E-state index in [1.807, 2.05) is 0 Å². The summed E-state index contributed by atoms with van der Waals surface area (Å²) >= 11 is 0. The number of rotatable bonds is 4. The van der Waals surface area contributed by atoms with Crippen molar-refractivity contribution in [3.8, 4) is 0 Å². The van der Waals surface area contributed by atoms with Crippen LogP contribution in [0, 0.1) is 6.92 Å². The van der Waals surface area contributed by atoms with Gasteiger partial charge in [0.05, 0.1) is 5.92 Å². The molecule has 0 aliphatic carbocycles. The van der Waals surface area contributed by atoms with Crippen LogP contribution in [0.15, 0.2) is 4.52 Å². The molecule has 9 heteroatoms. The Kier molecular flexibility index (Phi) is 3.78. The first-order valence-electron chi connectivity index (χ1n) is 7.19. The van der Waals surface area contributed by atoms with Crippen LogP contribution in [0.4, 0.5) is 4.79 Å². The molecule has 0 atom stereocenters. The smallest absolute Gasteiger partial charge is 0.324 e. The molecule has 1 N–H and O–H groups in total. The molecule has 3 rings (SSSR count). The molecule has 22 heavy (non-hydrogen) atoms. The highest BCUT2D eigenvalue weighted by Crippen LogP contribution is 2.26. The van der Waals surface area contributed by atoms with Gasteiger partial charge < -0.3 is 14.3 Å². The third-order valence-corrected chi connectivity index (χ3v) is 3.86. The Morgan fingerprint density at radius 1 is 1.41 bits per heavy atom. The lowest BCUT2D eigenvalue weighted by Crippen LogP contribution is -2.52. The van der Waals surface area contributed by atoms with E-state index in [1.165, 1.54) is 4.90 Å². The van der Waals surface area contributed by atoms with E-state index in [9.17, 15) is 14.4 Å². The molecule has 2 fully saturated rings. The summed E-state index contributed by atoms with van der Waals surface area (Å²) in [6, 6.07) is -0.424. The number of nitrogens with one attached hydrogen (secondary N) is 1. The van der Waals surface area contributed by atoms with Gasteiger partial charge >= 0.3 is 6.03 Å². The lowest BCUT2D eigenvalue weighted by atomic mass is 9.99. The van der Waals surface area contributed by atoms with E-state index in [0.717, 1.165) is 0 Å². The summed E-state index contributed by atoms with van der Waals surface area (Å²) in [7, 11) is 0. The summed E-state index contributed by atoms with van der Waals surface area (Å²) in [6.07, 6.45) is 0.527. The van der Waals surface area contributed by atoms with Gasteiger partial charge in [0.25, 0.3) is 0 Å². The molecule has 2 saturated heterocycles. The maximum atomic E-state index is 12.1. The molecule has 4 amide bonds. The van der Waals surface area contributed by atoms with Gasteiger partial charge in [-0.3, -0.25) is 14.9 Å². The quantitative estimate of drug-likeness (QED) is 0.813. The normalized spacial score (nSPS) is 19.1. The molecule has 0 spiro atoms. The van der Waals surface area contributed by atoms with E-state index in [4.69, 9.17) is 4.52 Å². The largest absolute Gasteiger partial charge is 0.341 e. The second kappa shape index (κ2) is 5.74. The van der Waals surface area contributed by atoms with Crippen LogP contribution in [-0.4, -0.2) is 64.0 Å². The molecule has 0 unspecified atom stereocenters. The summed E-state index contributed by atoms with van der Waals surface area (Å²) in [5.41, 5.74) is 0. The zero-order valence-corrected chi connectivity index (χ0v) is 12.2. The predicted molar refractivity (Wildman–Crippen MR) is 72.7 cm³/mol. The van der Waals surface area contributed by atoms with Crippen LogP contribution >= 0.6 is 0 Å². The highest BCUT2D eigenvalue weighted by Gasteiger charge is 2.35. The third-order valence-electron chi connectivity index (χ3n) is 3.86. The monoisotopic (exact) mass is 307 g/mol. The van der Waals surface area contributed by atoms with Gasteiger partial charge in [0, 0.05) is 39.0 Å². The van der Waals surface area contributed by atoms with Crippen molar-refractivity contribution < 1.29 is 18.9 Å². The number of hydrogen-bond acceptors (Lipinski definition) is 6. The first kappa shape index (κ1) is 14.5. The number of aromatic nitrogens is 2. The molecule has 2 aliphatic rings. The minimum atomic E-state index is -0.424. The lowest BCUT2D eigenvalue weighted by Gasteiger charge is -2.37. The van der Waals surface area contributed by atoms with Crippen LogP contribution in [-0.2, 0) is 9.59 Å². The molecule has 0 bridgehead atoms. The molecule has 0 radical (unpaired) electrons. The van der Waals surface area contributed by atoms with E-state index in [1.54, 1.807) is 11.8 Å². The molecule has 1 aromatic rings. The van der Waals surface area contributed by atoms with Crippen molar-refractivity contribution in [3.63, 3.8) is 0 Å². The third kappa shape index (κ3) is 2.92. The van der Waals surface area contributed by atoms with Gasteiger partial charge in [-0.25, -0.2) is 4.79 Å². The highest BCUT2D eigenvalue weighted by molar-refractivity contribution is 5.96. The summed E-state index contributed by atoms with van der Waals surface area (Å²) < 4.78 is 5.08. The second-order valence-electron chi connectivity index (χ2n) is 5.52. The highest BCUT2D eigenvalue weighted by atomic mass is 16.5. The van der Waals surface area contributed by atoms with Crippen LogP contribution in [0.25, 0.3) is 0 Å². The average molecular weight is 307 g/mol. The minimum absolute atomic E-state index is 0.0165. The number of urea groups is 1. The lowest BCUT2D eigenvalue weighted by molar-refractivity contribution is -0.136. The Morgan fingerprint density at radius 3 is 2.82 bits per heavy atom. The first-order chi connectivity index (χ1) is 10.5. The fourth-order valence-electron chi connectivity index (χ4n) is 2.52. The maximum absolute atomic E-state index is 12.1. The Hall–Kier alpha value is -2.45. The van der Waals surface area contributed by atoms with Crippen LogP contribution in [0.1, 0.15) is 30.5 Å². The van der Waals surface area contributed by atoms with Crippen molar-refractivity contribution >= 4 is 17.8 Å². The molecule has 118 valence electrons. The first-order valence-corrected chi connectivity index (χ1v) is 7.19. The van der Waals surface area contributed by atoms with Gasteiger partial charge in [0.1, 0.15) is 0 Å². The van der Waals surface area contributed by atoms with Gasteiger partial charge in [-0.05, 0) is 6.92 Å². The summed E-state index contributed by atoms with van der Waals surface area (Å²) in [5, 5.41) is 5.97. The molecular weight excluding hydrogens is 290 g/mol. The van der Waals surface area contributed by atoms with Crippen LogP contribution in [0.2, 0.25) is 0 Å². The van der Waals surface area contributed by atoms with Crippen LogP contribution < -0.4 is 5.32 Å². The Bertz CT molecular complexity index is 607. The number of hydrogen-bond donors (Lipinski definition) is 1. The van der Waals surface area contributed by atoms with Crippen LogP contribution in [0.5, 0.6) is 0 Å². The number of carbonyl (C=O) groups excluding carboxylic acids is 3. The fourth-order valence-corrected chi connectivity index (χ4v) is 2.52. The van der Waals surface area contributed by atoms with Gasteiger partial charge in [-0.2, -0.15) is 4.98 Å². The Labute approximate surface area is 126 Å². The van der Waals surface area contributed by atoms with Crippen molar-refractivity contribution in [1.29, 1.82) is 0 Å². The summed E-state index contributed by atoms with van der Waals surface area (Å²) in [4.78, 5) is 42.0. The SMILES string of the molecule is Cc1noc(C2CN(C(=O)CCN3CCC(=O)NC3=O)C2)n1. The molecule has 2 aliphatic heterocycles. The average Bonchev–Trinajstić information content (AvgIpc) is 2.82. The topological polar surface area (TPSA) is 109 Å². The van der Waals surface area contributed by atoms with Gasteiger partial charge in [0.2, 0.25) is 17.7 Å². The van der Waals surface area contributed by atoms with E-state index in [-0.39, 0.29) is 30.6 Å². The molecule has 0 aromatic carbocycles. The molecule has 1 aromatic heterocycles. The van der Waals surface area contributed by atoms with E-state index in [0.29, 0.717) is 37.9 Å². The number of likely N-dealkylation sites (tertiary alicyclic amines) is 1. The number of imide groups is 1.